The molecule has 2 aromatic heterocycles. The summed E-state index contributed by atoms with van der Waals surface area (Å²) in [6, 6.07) is 33.8. The van der Waals surface area contributed by atoms with Crippen molar-refractivity contribution in [1.29, 1.82) is 0 Å². The average Bonchev–Trinajstić information content (AvgIpc) is 4.10. The van der Waals surface area contributed by atoms with Gasteiger partial charge in [0, 0.05) is 101 Å². The number of benzene rings is 5. The van der Waals surface area contributed by atoms with Crippen molar-refractivity contribution in [3.63, 3.8) is 0 Å². The molecule has 8 nitrogen and oxygen atoms in total. The van der Waals surface area contributed by atoms with E-state index in [4.69, 9.17) is 9.97 Å². The van der Waals surface area contributed by atoms with Crippen LogP contribution in [-0.4, -0.2) is 56.4 Å². The Morgan fingerprint density at radius 1 is 0.484 bits per heavy atom. The van der Waals surface area contributed by atoms with Crippen molar-refractivity contribution < 1.29 is 42.1 Å². The first kappa shape index (κ1) is 40.9. The first-order chi connectivity index (χ1) is 29.3. The molecule has 0 aliphatic carbocycles. The molecule has 62 heavy (non-hydrogen) atoms. The van der Waals surface area contributed by atoms with Crippen LogP contribution in [0.1, 0.15) is 0 Å². The van der Waals surface area contributed by atoms with E-state index in [-0.39, 0.29) is 55.6 Å². The number of anilines is 2. The van der Waals surface area contributed by atoms with Crippen LogP contribution >= 0.6 is 47.0 Å². The molecule has 0 spiro atoms. The number of rotatable bonds is 4. The Balaban J connectivity index is 0.00000216. The molecule has 7 aromatic rings. The molecule has 0 saturated carbocycles. The maximum atomic E-state index is 4.75. The number of aromatic nitrogens is 4. The van der Waals surface area contributed by atoms with Gasteiger partial charge in [0.05, 0.1) is 11.6 Å². The standard InChI is InChI=1S/C46H30B2N8S4.2Pt/c1-51-17-19-55(25-51)29-7-11-37-33(23-29)47-31-21-27(45-49-13-15-53(45)3)5-9-35(31)57-41-39(47)43(59-37)44-40-42(41)58-36-10-6-28(46-50-14-16-54(46)4)22-32(36)48(40)34-24-30(8-12-38(34)60-44)56-20-18-52(2)26-56;;/h5-20,25-26H,1-4H3;;/q-6;;. The van der Waals surface area contributed by atoms with Crippen LogP contribution in [0.2, 0.25) is 0 Å². The quantitative estimate of drug-likeness (QED) is 0.173. The number of hydrogen-bond donors (Lipinski definition) is 0. The third kappa shape index (κ3) is 6.18. The smallest absolute Gasteiger partial charge is 0.202 e. The Morgan fingerprint density at radius 3 is 1.19 bits per heavy atom. The molecule has 0 bridgehead atoms. The first-order valence-corrected chi connectivity index (χ1v) is 22.8. The van der Waals surface area contributed by atoms with Crippen LogP contribution in [0.5, 0.6) is 0 Å². The van der Waals surface area contributed by atoms with Crippen molar-refractivity contribution in [3.05, 3.63) is 136 Å². The second-order valence-corrected chi connectivity index (χ2v) is 19.9. The summed E-state index contributed by atoms with van der Waals surface area (Å²) in [5.41, 5.74) is 11.5. The molecule has 310 valence electrons. The van der Waals surface area contributed by atoms with Crippen molar-refractivity contribution in [2.75, 3.05) is 23.9 Å². The zero-order valence-corrected chi connectivity index (χ0v) is 41.2. The van der Waals surface area contributed by atoms with Crippen LogP contribution in [0.15, 0.2) is 137 Å². The topological polar surface area (TPSA) is 48.6 Å². The van der Waals surface area contributed by atoms with E-state index in [1.54, 1.807) is 0 Å². The monoisotopic (exact) mass is 1230 g/mol. The number of fused-ring (bicyclic) bond motifs is 10. The summed E-state index contributed by atoms with van der Waals surface area (Å²) in [4.78, 5) is 28.1. The second-order valence-electron chi connectivity index (χ2n) is 15.7. The van der Waals surface area contributed by atoms with Gasteiger partial charge in [-0.2, -0.15) is 72.1 Å². The number of imidazole rings is 2. The fourth-order valence-corrected chi connectivity index (χ4v) is 14.4. The van der Waals surface area contributed by atoms with Gasteiger partial charge in [-0.3, -0.25) is 9.97 Å². The van der Waals surface area contributed by atoms with Gasteiger partial charge >= 0.3 is 0 Å². The van der Waals surface area contributed by atoms with E-state index >= 15 is 0 Å². The number of aryl methyl sites for hydroxylation is 2. The maximum Gasteiger partial charge on any atom is 0.202 e. The predicted octanol–water partition coefficient (Wildman–Crippen LogP) is 5.26. The molecule has 6 aliphatic heterocycles. The number of hydrogen-bond acceptors (Lipinski definition) is 10. The molecule has 0 fully saturated rings. The van der Waals surface area contributed by atoms with E-state index in [1.807, 2.05) is 71.8 Å². The Hall–Kier alpha value is -3.89. The maximum absolute atomic E-state index is 4.75. The van der Waals surface area contributed by atoms with Gasteiger partial charge < -0.3 is 28.7 Å². The SMILES string of the molecule is CN1C=CN(c2[c-]c3c(cc2)Sc2c4c5c(c6c2B3c2[c-]c(-c3nccn3C)ccc2S6)Sc2ccc(-c3nccn3C)[c-]c2B5c2[c-]c(N3C=CN(C)[CH-]3)ccc2S4)[CH-]1.[Pt].[Pt]. The Labute approximate surface area is 407 Å². The van der Waals surface area contributed by atoms with Crippen molar-refractivity contribution in [3.8, 4) is 22.8 Å². The van der Waals surface area contributed by atoms with Gasteiger partial charge in [-0.1, -0.05) is 9.79 Å². The van der Waals surface area contributed by atoms with Crippen LogP contribution in [-0.2, 0) is 56.2 Å². The predicted molar refractivity (Wildman–Crippen MR) is 245 cm³/mol. The van der Waals surface area contributed by atoms with Gasteiger partial charge in [0.1, 0.15) is 0 Å². The van der Waals surface area contributed by atoms with E-state index in [0.717, 1.165) is 34.2 Å². The zero-order valence-electron chi connectivity index (χ0n) is 33.4. The molecule has 0 unspecified atom stereocenters. The van der Waals surface area contributed by atoms with Gasteiger partial charge in [-0.25, -0.2) is 0 Å². The third-order valence-corrected chi connectivity index (χ3v) is 17.0. The zero-order chi connectivity index (χ0) is 40.0. The molecular formula is C46H30B2N8Pt2S4-6. The molecule has 0 saturated heterocycles. The van der Waals surface area contributed by atoms with E-state index in [9.17, 15) is 0 Å². The van der Waals surface area contributed by atoms with Crippen molar-refractivity contribution in [2.24, 2.45) is 14.1 Å². The van der Waals surface area contributed by atoms with E-state index in [1.165, 1.54) is 71.9 Å². The fraction of sp³-hybridized carbons (Fsp3) is 0.0870. The molecule has 0 radical (unpaired) electrons. The van der Waals surface area contributed by atoms with Gasteiger partial charge in [-0.15, -0.1) is 115 Å². The minimum atomic E-state index is -0.0725. The van der Waals surface area contributed by atoms with Crippen molar-refractivity contribution in [2.45, 2.75) is 39.2 Å². The first-order valence-electron chi connectivity index (χ1n) is 19.6. The largest absolute Gasteiger partial charge is 0.510 e. The Kier molecular flexibility index (Phi) is 10.1. The second kappa shape index (κ2) is 15.4. The molecule has 13 rings (SSSR count). The summed E-state index contributed by atoms with van der Waals surface area (Å²) in [7, 11) is 8.21. The van der Waals surface area contributed by atoms with Crippen LogP contribution in [0.25, 0.3) is 22.8 Å². The fourth-order valence-electron chi connectivity index (χ4n) is 9.11. The third-order valence-electron chi connectivity index (χ3n) is 11.9. The van der Waals surface area contributed by atoms with Crippen LogP contribution < -0.4 is 42.6 Å². The number of nitrogens with zero attached hydrogens (tertiary/aromatic N) is 8. The van der Waals surface area contributed by atoms with E-state index in [2.05, 4.69) is 168 Å². The minimum absolute atomic E-state index is 0. The van der Waals surface area contributed by atoms with Crippen molar-refractivity contribution >= 4 is 105 Å². The molecule has 0 atom stereocenters. The van der Waals surface area contributed by atoms with E-state index in [0.29, 0.717) is 0 Å². The Morgan fingerprint density at radius 2 is 0.855 bits per heavy atom. The molecular weight excluding hydrogens is 1200 g/mol. The normalized spacial score (nSPS) is 15.7. The molecule has 5 aromatic carbocycles. The summed E-state index contributed by atoms with van der Waals surface area (Å²) in [5, 5.41) is 0. The van der Waals surface area contributed by atoms with E-state index < -0.39 is 0 Å². The molecule has 16 heteroatoms. The van der Waals surface area contributed by atoms with Crippen LogP contribution in [0, 0.1) is 37.6 Å². The summed E-state index contributed by atoms with van der Waals surface area (Å²) in [5.74, 6) is 1.81. The van der Waals surface area contributed by atoms with Gasteiger partial charge in [0.15, 0.2) is 0 Å². The van der Waals surface area contributed by atoms with Gasteiger partial charge in [0.25, 0.3) is 0 Å². The van der Waals surface area contributed by atoms with Gasteiger partial charge in [-0.05, 0) is 49.8 Å². The summed E-state index contributed by atoms with van der Waals surface area (Å²) in [6.07, 6.45) is 16.1. The van der Waals surface area contributed by atoms with Gasteiger partial charge in [0.2, 0.25) is 13.4 Å². The summed E-state index contributed by atoms with van der Waals surface area (Å²) >= 11 is 7.59. The average molecular weight is 1230 g/mol. The minimum Gasteiger partial charge on any atom is -0.510 e. The summed E-state index contributed by atoms with van der Waals surface area (Å²) in [6.45, 7) is 4.05. The Bertz CT molecular complexity index is 2880. The van der Waals surface area contributed by atoms with Crippen LogP contribution in [0.4, 0.5) is 11.4 Å². The summed E-state index contributed by atoms with van der Waals surface area (Å²) < 4.78 is 4.15. The molecule has 0 amide bonds. The molecule has 0 N–H and O–H groups in total. The molecule has 8 heterocycles. The van der Waals surface area contributed by atoms with Crippen molar-refractivity contribution in [1.82, 2.24) is 28.9 Å². The van der Waals surface area contributed by atoms with Crippen LogP contribution in [0.3, 0.4) is 0 Å². The molecule has 6 aliphatic rings.